The molecule has 0 unspecified atom stereocenters. The lowest BCUT2D eigenvalue weighted by Crippen LogP contribution is -2.39. The second-order valence-corrected chi connectivity index (χ2v) is 9.81. The molecule has 2 heterocycles. The molecule has 1 aliphatic heterocycles. The molecular formula is C24H31N3O3S2. The van der Waals surface area contributed by atoms with Crippen molar-refractivity contribution in [2.45, 2.75) is 39.8 Å². The fraction of sp³-hybridized carbons (Fsp3) is 0.417. The van der Waals surface area contributed by atoms with E-state index in [2.05, 4.69) is 46.9 Å². The number of carbonyl (C=O) groups excluding carboxylic acids is 2. The molecule has 1 atom stereocenters. The highest BCUT2D eigenvalue weighted by atomic mass is 32.2. The van der Waals surface area contributed by atoms with Crippen molar-refractivity contribution in [1.29, 1.82) is 0 Å². The van der Waals surface area contributed by atoms with E-state index in [9.17, 15) is 9.59 Å². The summed E-state index contributed by atoms with van der Waals surface area (Å²) >= 11 is 3.26. The number of rotatable bonds is 10. The number of nitrogens with one attached hydrogen (secondary N) is 2. The molecular weight excluding hydrogens is 442 g/mol. The Hall–Kier alpha value is -2.29. The molecule has 0 bridgehead atoms. The zero-order chi connectivity index (χ0) is 22.9. The molecule has 0 saturated carbocycles. The molecule has 172 valence electrons. The number of anilines is 1. The van der Waals surface area contributed by atoms with Crippen LogP contribution in [0.1, 0.15) is 42.4 Å². The summed E-state index contributed by atoms with van der Waals surface area (Å²) in [7, 11) is 0. The van der Waals surface area contributed by atoms with Crippen molar-refractivity contribution < 1.29 is 14.3 Å². The molecule has 6 nitrogen and oxygen atoms in total. The average Bonchev–Trinajstić information content (AvgIpc) is 3.31. The number of carbonyl (C=O) groups is 2. The molecule has 0 radical (unpaired) electrons. The third-order valence-corrected chi connectivity index (χ3v) is 7.41. The van der Waals surface area contributed by atoms with Crippen LogP contribution in [0.25, 0.3) is 0 Å². The second kappa shape index (κ2) is 12.1. The normalized spacial score (nSPS) is 14.8. The molecule has 8 heteroatoms. The molecule has 2 amide bonds. The van der Waals surface area contributed by atoms with Crippen molar-refractivity contribution in [3.8, 4) is 0 Å². The fourth-order valence-electron chi connectivity index (χ4n) is 3.36. The molecule has 0 fully saturated rings. The highest BCUT2D eigenvalue weighted by Crippen LogP contribution is 2.26. The van der Waals surface area contributed by atoms with Gasteiger partial charge in [0.15, 0.2) is 0 Å². The predicted octanol–water partition coefficient (Wildman–Crippen LogP) is 4.71. The maximum atomic E-state index is 12.6. The minimum Gasteiger partial charge on any atom is -0.496 e. The molecule has 3 rings (SSSR count). The van der Waals surface area contributed by atoms with Gasteiger partial charge in [0.1, 0.15) is 10.7 Å². The van der Waals surface area contributed by atoms with Gasteiger partial charge in [-0.25, -0.2) is 0 Å². The van der Waals surface area contributed by atoms with Crippen molar-refractivity contribution >= 4 is 40.6 Å². The van der Waals surface area contributed by atoms with Crippen LogP contribution >= 0.6 is 23.1 Å². The van der Waals surface area contributed by atoms with E-state index in [4.69, 9.17) is 4.74 Å². The first-order valence-electron chi connectivity index (χ1n) is 10.9. The van der Waals surface area contributed by atoms with Gasteiger partial charge < -0.3 is 15.4 Å². The summed E-state index contributed by atoms with van der Waals surface area (Å²) in [5, 5.41) is 7.98. The number of ether oxygens (including phenoxy) is 1. The summed E-state index contributed by atoms with van der Waals surface area (Å²) in [5.74, 6) is 1.12. The third-order valence-electron chi connectivity index (χ3n) is 5.42. The minimum absolute atomic E-state index is 0.113. The average molecular weight is 474 g/mol. The van der Waals surface area contributed by atoms with Gasteiger partial charge >= 0.3 is 0 Å². The molecule has 0 saturated heterocycles. The highest BCUT2D eigenvalue weighted by Gasteiger charge is 2.19. The Bertz CT molecular complexity index is 926. The summed E-state index contributed by atoms with van der Waals surface area (Å²) in [5.41, 5.74) is 1.22. The van der Waals surface area contributed by atoms with Crippen LogP contribution in [-0.2, 0) is 16.1 Å². The summed E-state index contributed by atoms with van der Waals surface area (Å²) in [6.45, 7) is 9.10. The van der Waals surface area contributed by atoms with Crippen LogP contribution in [0.4, 0.5) is 5.69 Å². The van der Waals surface area contributed by atoms with Gasteiger partial charge in [-0.15, -0.1) is 23.1 Å². The van der Waals surface area contributed by atoms with Crippen LogP contribution in [0.15, 0.2) is 52.4 Å². The zero-order valence-electron chi connectivity index (χ0n) is 18.8. The molecule has 32 heavy (non-hydrogen) atoms. The summed E-state index contributed by atoms with van der Waals surface area (Å²) in [6.07, 6.45) is 1.06. The van der Waals surface area contributed by atoms with Gasteiger partial charge in [-0.3, -0.25) is 14.5 Å². The van der Waals surface area contributed by atoms with Gasteiger partial charge in [-0.05, 0) is 56.0 Å². The van der Waals surface area contributed by atoms with E-state index < -0.39 is 0 Å². The number of amides is 2. The number of nitrogens with zero attached hydrogens (tertiary/aromatic N) is 1. The maximum Gasteiger partial charge on any atom is 0.265 e. The summed E-state index contributed by atoms with van der Waals surface area (Å²) in [4.78, 5) is 29.3. The standard InChI is InChI=1S/C24H31N3O3S2/c1-4-17(2)27(16-21-6-5-14-31-21)12-11-25-23(28)19-7-9-20(10-8-19)26-24(29)22-18(3)30-13-15-32-22/h5-10,14,17H,4,11-13,15-16H2,1-3H3,(H,25,28)(H,26,29)/t17-/m0/s1. The number of allylic oxidation sites excluding steroid dienone is 1. The lowest BCUT2D eigenvalue weighted by molar-refractivity contribution is -0.112. The number of hydrogen-bond donors (Lipinski definition) is 2. The van der Waals surface area contributed by atoms with Gasteiger partial charge in [0, 0.05) is 47.6 Å². The monoisotopic (exact) mass is 473 g/mol. The molecule has 1 aromatic carbocycles. The Morgan fingerprint density at radius 1 is 1.19 bits per heavy atom. The molecule has 1 aliphatic rings. The summed E-state index contributed by atoms with van der Waals surface area (Å²) < 4.78 is 5.45. The van der Waals surface area contributed by atoms with Crippen LogP contribution in [0.2, 0.25) is 0 Å². The minimum atomic E-state index is -0.180. The van der Waals surface area contributed by atoms with Gasteiger partial charge in [-0.2, -0.15) is 0 Å². The molecule has 0 aliphatic carbocycles. The van der Waals surface area contributed by atoms with Crippen molar-refractivity contribution in [3.05, 3.63) is 62.9 Å². The van der Waals surface area contributed by atoms with E-state index in [-0.39, 0.29) is 11.8 Å². The Kier molecular flexibility index (Phi) is 9.20. The predicted molar refractivity (Wildman–Crippen MR) is 133 cm³/mol. The van der Waals surface area contributed by atoms with Crippen molar-refractivity contribution in [3.63, 3.8) is 0 Å². The first-order valence-corrected chi connectivity index (χ1v) is 12.8. The highest BCUT2D eigenvalue weighted by molar-refractivity contribution is 8.04. The quantitative estimate of drug-likeness (QED) is 0.523. The SMILES string of the molecule is CC[C@H](C)N(CCNC(=O)c1ccc(NC(=O)C2=C(C)OCCS2)cc1)Cc1cccs1. The molecule has 2 aromatic rings. The van der Waals surface area contributed by atoms with Gasteiger partial charge in [0.2, 0.25) is 0 Å². The van der Waals surface area contributed by atoms with Crippen molar-refractivity contribution in [2.24, 2.45) is 0 Å². The van der Waals surface area contributed by atoms with E-state index in [1.807, 2.05) is 0 Å². The van der Waals surface area contributed by atoms with Crippen LogP contribution in [0.3, 0.4) is 0 Å². The van der Waals surface area contributed by atoms with Crippen molar-refractivity contribution in [1.82, 2.24) is 10.2 Å². The molecule has 2 N–H and O–H groups in total. The Labute approximate surface area is 198 Å². The Morgan fingerprint density at radius 3 is 2.62 bits per heavy atom. The topological polar surface area (TPSA) is 70.7 Å². The van der Waals surface area contributed by atoms with Gasteiger partial charge in [0.05, 0.1) is 6.61 Å². The first kappa shape index (κ1) is 24.4. The van der Waals surface area contributed by atoms with E-state index >= 15 is 0 Å². The maximum absolute atomic E-state index is 12.6. The number of thiophene rings is 1. The number of hydrogen-bond acceptors (Lipinski definition) is 6. The van der Waals surface area contributed by atoms with E-state index in [0.717, 1.165) is 25.3 Å². The molecule has 1 aromatic heterocycles. The molecule has 0 spiro atoms. The second-order valence-electron chi connectivity index (χ2n) is 7.68. The van der Waals surface area contributed by atoms with Gasteiger partial charge in [-0.1, -0.05) is 13.0 Å². The van der Waals surface area contributed by atoms with Gasteiger partial charge in [0.25, 0.3) is 11.8 Å². The summed E-state index contributed by atoms with van der Waals surface area (Å²) in [6, 6.07) is 11.6. The number of benzene rings is 1. The van der Waals surface area contributed by atoms with E-state index in [1.165, 1.54) is 16.6 Å². The first-order chi connectivity index (χ1) is 15.5. The number of thioether (sulfide) groups is 1. The Balaban J connectivity index is 1.50. The van der Waals surface area contributed by atoms with Crippen LogP contribution in [-0.4, -0.2) is 48.2 Å². The lowest BCUT2D eigenvalue weighted by Gasteiger charge is -2.28. The van der Waals surface area contributed by atoms with Crippen LogP contribution in [0.5, 0.6) is 0 Å². The van der Waals surface area contributed by atoms with E-state index in [1.54, 1.807) is 42.5 Å². The van der Waals surface area contributed by atoms with Crippen LogP contribution in [0, 0.1) is 0 Å². The largest absolute Gasteiger partial charge is 0.496 e. The lowest BCUT2D eigenvalue weighted by atomic mass is 10.2. The zero-order valence-corrected chi connectivity index (χ0v) is 20.5. The van der Waals surface area contributed by atoms with Crippen molar-refractivity contribution in [2.75, 3.05) is 30.8 Å². The fourth-order valence-corrected chi connectivity index (χ4v) is 4.90. The smallest absolute Gasteiger partial charge is 0.265 e. The third kappa shape index (κ3) is 6.85. The Morgan fingerprint density at radius 2 is 1.97 bits per heavy atom. The van der Waals surface area contributed by atoms with E-state index in [0.29, 0.717) is 41.1 Å². The van der Waals surface area contributed by atoms with Crippen LogP contribution < -0.4 is 10.6 Å².